The number of hydrogen-bond acceptors (Lipinski definition) is 1. The van der Waals surface area contributed by atoms with Crippen molar-refractivity contribution in [3.05, 3.63) is 29.6 Å². The van der Waals surface area contributed by atoms with Crippen LogP contribution in [0.3, 0.4) is 0 Å². The first-order chi connectivity index (χ1) is 8.78. The number of benzene rings is 1. The van der Waals surface area contributed by atoms with E-state index in [2.05, 4.69) is 34.7 Å². The third kappa shape index (κ3) is 2.14. The second kappa shape index (κ2) is 4.93. The van der Waals surface area contributed by atoms with Gasteiger partial charge in [0, 0.05) is 6.54 Å². The molecule has 1 aliphatic carbocycles. The van der Waals surface area contributed by atoms with Crippen molar-refractivity contribution >= 4 is 22.6 Å². The molecule has 0 radical (unpaired) electrons. The van der Waals surface area contributed by atoms with Crippen LogP contribution in [0.4, 0.5) is 0 Å². The third-order valence-electron chi connectivity index (χ3n) is 4.09. The first-order valence-electron chi connectivity index (χ1n) is 6.79. The largest absolute Gasteiger partial charge is 0.327 e. The Morgan fingerprint density at radius 2 is 2.22 bits per heavy atom. The fourth-order valence-corrected chi connectivity index (χ4v) is 2.94. The predicted octanol–water partition coefficient (Wildman–Crippen LogP) is 4.27. The molecule has 18 heavy (non-hydrogen) atoms. The zero-order chi connectivity index (χ0) is 12.5. The van der Waals surface area contributed by atoms with Gasteiger partial charge in [-0.1, -0.05) is 25.3 Å². The van der Waals surface area contributed by atoms with Crippen molar-refractivity contribution in [3.63, 3.8) is 0 Å². The molecule has 0 bridgehead atoms. The molecule has 0 aliphatic heterocycles. The van der Waals surface area contributed by atoms with E-state index < -0.39 is 0 Å². The molecular formula is C15H19ClN2. The van der Waals surface area contributed by atoms with Gasteiger partial charge in [0.05, 0.1) is 16.9 Å². The molecule has 96 valence electrons. The zero-order valence-corrected chi connectivity index (χ0v) is 11.6. The van der Waals surface area contributed by atoms with Gasteiger partial charge < -0.3 is 4.57 Å². The number of fused-ring (bicyclic) bond motifs is 1. The van der Waals surface area contributed by atoms with Crippen LogP contribution in [0.5, 0.6) is 0 Å². The molecule has 0 atom stereocenters. The topological polar surface area (TPSA) is 17.8 Å². The van der Waals surface area contributed by atoms with Crippen molar-refractivity contribution < 1.29 is 0 Å². The highest BCUT2D eigenvalue weighted by molar-refractivity contribution is 6.16. The Kier molecular flexibility index (Phi) is 3.29. The van der Waals surface area contributed by atoms with E-state index >= 15 is 0 Å². The van der Waals surface area contributed by atoms with Gasteiger partial charge >= 0.3 is 0 Å². The van der Waals surface area contributed by atoms with Crippen LogP contribution in [0.2, 0.25) is 0 Å². The highest BCUT2D eigenvalue weighted by Crippen LogP contribution is 2.30. The van der Waals surface area contributed by atoms with E-state index in [0.717, 1.165) is 23.8 Å². The summed E-state index contributed by atoms with van der Waals surface area (Å²) < 4.78 is 2.31. The summed E-state index contributed by atoms with van der Waals surface area (Å²) >= 11 is 6.02. The van der Waals surface area contributed by atoms with Crippen LogP contribution in [-0.4, -0.2) is 9.55 Å². The van der Waals surface area contributed by atoms with Crippen LogP contribution in [0.25, 0.3) is 11.0 Å². The number of rotatable bonds is 4. The molecular weight excluding hydrogens is 244 g/mol. The second-order valence-corrected chi connectivity index (χ2v) is 5.66. The van der Waals surface area contributed by atoms with Crippen molar-refractivity contribution in [2.75, 3.05) is 0 Å². The van der Waals surface area contributed by atoms with Gasteiger partial charge in [0.25, 0.3) is 0 Å². The highest BCUT2D eigenvalue weighted by Gasteiger charge is 2.18. The lowest BCUT2D eigenvalue weighted by atomic mass is 9.83. The van der Waals surface area contributed by atoms with Crippen LogP contribution in [0.15, 0.2) is 18.2 Å². The molecule has 0 unspecified atom stereocenters. The minimum Gasteiger partial charge on any atom is -0.327 e. The van der Waals surface area contributed by atoms with Crippen molar-refractivity contribution in [1.29, 1.82) is 0 Å². The number of imidazole rings is 1. The summed E-state index contributed by atoms with van der Waals surface area (Å²) in [4.78, 5) is 4.64. The average Bonchev–Trinajstić information content (AvgIpc) is 2.64. The minimum absolute atomic E-state index is 0.498. The maximum atomic E-state index is 6.02. The van der Waals surface area contributed by atoms with Crippen LogP contribution in [0, 0.1) is 12.8 Å². The number of nitrogens with zero attached hydrogens (tertiary/aromatic N) is 2. The summed E-state index contributed by atoms with van der Waals surface area (Å²) in [6.07, 6.45) is 5.49. The SMILES string of the molecule is Cc1ccc2c(c1)nc(CCl)n2CCC1CCC1. The molecule has 0 spiro atoms. The number of aryl methyl sites for hydroxylation is 2. The van der Waals surface area contributed by atoms with Gasteiger partial charge in [-0.3, -0.25) is 0 Å². The Balaban J connectivity index is 1.91. The smallest absolute Gasteiger partial charge is 0.124 e. The van der Waals surface area contributed by atoms with E-state index in [0.29, 0.717) is 5.88 Å². The molecule has 1 aliphatic rings. The van der Waals surface area contributed by atoms with Crippen molar-refractivity contribution in [3.8, 4) is 0 Å². The van der Waals surface area contributed by atoms with Gasteiger partial charge in [-0.25, -0.2) is 4.98 Å². The number of hydrogen-bond donors (Lipinski definition) is 0. The Labute approximate surface area is 113 Å². The van der Waals surface area contributed by atoms with E-state index in [-0.39, 0.29) is 0 Å². The van der Waals surface area contributed by atoms with Crippen molar-refractivity contribution in [2.45, 2.75) is 45.0 Å². The molecule has 2 aromatic rings. The Morgan fingerprint density at radius 1 is 1.39 bits per heavy atom. The summed E-state index contributed by atoms with van der Waals surface area (Å²) in [5, 5.41) is 0. The van der Waals surface area contributed by atoms with E-state index in [1.165, 1.54) is 36.8 Å². The van der Waals surface area contributed by atoms with Crippen LogP contribution >= 0.6 is 11.6 Å². The van der Waals surface area contributed by atoms with Gasteiger partial charge in [-0.05, 0) is 37.0 Å². The minimum atomic E-state index is 0.498. The Hall–Kier alpha value is -1.02. The highest BCUT2D eigenvalue weighted by atomic mass is 35.5. The summed E-state index contributed by atoms with van der Waals surface area (Å²) in [5.74, 6) is 2.44. The number of alkyl halides is 1. The molecule has 3 heteroatoms. The lowest BCUT2D eigenvalue weighted by molar-refractivity contribution is 0.282. The van der Waals surface area contributed by atoms with Gasteiger partial charge in [0.2, 0.25) is 0 Å². The fraction of sp³-hybridized carbons (Fsp3) is 0.533. The summed E-state index contributed by atoms with van der Waals surface area (Å²) in [6.45, 7) is 3.17. The molecule has 1 aromatic carbocycles. The summed E-state index contributed by atoms with van der Waals surface area (Å²) in [5.41, 5.74) is 3.57. The molecule has 0 N–H and O–H groups in total. The van der Waals surface area contributed by atoms with Crippen LogP contribution in [-0.2, 0) is 12.4 Å². The van der Waals surface area contributed by atoms with E-state index in [1.54, 1.807) is 0 Å². The lowest BCUT2D eigenvalue weighted by Gasteiger charge is -2.25. The summed E-state index contributed by atoms with van der Waals surface area (Å²) in [7, 11) is 0. The van der Waals surface area contributed by atoms with Crippen molar-refractivity contribution in [2.24, 2.45) is 5.92 Å². The molecule has 1 fully saturated rings. The second-order valence-electron chi connectivity index (χ2n) is 5.39. The molecule has 1 aromatic heterocycles. The zero-order valence-electron chi connectivity index (χ0n) is 10.8. The van der Waals surface area contributed by atoms with Gasteiger partial charge in [0.15, 0.2) is 0 Å². The van der Waals surface area contributed by atoms with E-state index in [9.17, 15) is 0 Å². The van der Waals surface area contributed by atoms with Gasteiger partial charge in [-0.2, -0.15) is 0 Å². The fourth-order valence-electron chi connectivity index (χ4n) is 2.73. The summed E-state index contributed by atoms with van der Waals surface area (Å²) in [6, 6.07) is 6.47. The molecule has 1 saturated carbocycles. The number of halogens is 1. The Morgan fingerprint density at radius 3 is 2.89 bits per heavy atom. The van der Waals surface area contributed by atoms with Gasteiger partial charge in [-0.15, -0.1) is 11.6 Å². The predicted molar refractivity (Wildman–Crippen MR) is 76.0 cm³/mol. The quantitative estimate of drug-likeness (QED) is 0.753. The maximum Gasteiger partial charge on any atom is 0.124 e. The van der Waals surface area contributed by atoms with Crippen LogP contribution < -0.4 is 0 Å². The standard InChI is InChI=1S/C15H19ClN2/c1-11-5-6-14-13(9-11)17-15(10-16)18(14)8-7-12-3-2-4-12/h5-6,9,12H,2-4,7-8,10H2,1H3. The third-order valence-corrected chi connectivity index (χ3v) is 4.33. The van der Waals surface area contributed by atoms with Crippen LogP contribution in [0.1, 0.15) is 37.1 Å². The first-order valence-corrected chi connectivity index (χ1v) is 7.33. The van der Waals surface area contributed by atoms with Gasteiger partial charge in [0.1, 0.15) is 5.82 Å². The maximum absolute atomic E-state index is 6.02. The number of aromatic nitrogens is 2. The van der Waals surface area contributed by atoms with E-state index in [4.69, 9.17) is 11.6 Å². The normalized spacial score (nSPS) is 16.1. The lowest BCUT2D eigenvalue weighted by Crippen LogP contribution is -2.14. The van der Waals surface area contributed by atoms with E-state index in [1.807, 2.05) is 0 Å². The van der Waals surface area contributed by atoms with Crippen molar-refractivity contribution in [1.82, 2.24) is 9.55 Å². The molecule has 0 amide bonds. The monoisotopic (exact) mass is 262 g/mol. The molecule has 0 saturated heterocycles. The average molecular weight is 263 g/mol. The molecule has 1 heterocycles. The Bertz CT molecular complexity index is 555. The molecule has 2 nitrogen and oxygen atoms in total. The molecule has 3 rings (SSSR count). The first kappa shape index (κ1) is 12.0.